The molecule has 162 valence electrons. The summed E-state index contributed by atoms with van der Waals surface area (Å²) in [6.07, 6.45) is 9.06. The lowest BCUT2D eigenvalue weighted by atomic mass is 10.0. The minimum Gasteiger partial charge on any atom is -0.507 e. The van der Waals surface area contributed by atoms with Crippen LogP contribution in [0.25, 0.3) is 24.3 Å². The Bertz CT molecular complexity index is 1320. The van der Waals surface area contributed by atoms with Crippen molar-refractivity contribution in [1.82, 2.24) is 4.90 Å². The summed E-state index contributed by atoms with van der Waals surface area (Å²) < 4.78 is 0. The predicted molar refractivity (Wildman–Crippen MR) is 126 cm³/mol. The number of carbonyl (C=O) groups is 3. The molecule has 0 radical (unpaired) electrons. The molecule has 1 heterocycles. The van der Waals surface area contributed by atoms with E-state index < -0.39 is 17.8 Å². The molecule has 0 spiro atoms. The summed E-state index contributed by atoms with van der Waals surface area (Å²) in [6.45, 7) is 0. The van der Waals surface area contributed by atoms with Crippen LogP contribution >= 0.6 is 0 Å². The summed E-state index contributed by atoms with van der Waals surface area (Å²) in [6, 6.07) is 18.9. The molecule has 0 unspecified atom stereocenters. The summed E-state index contributed by atoms with van der Waals surface area (Å²) in [5.74, 6) is -1.73. The van der Waals surface area contributed by atoms with Crippen molar-refractivity contribution in [3.63, 3.8) is 0 Å². The highest BCUT2D eigenvalue weighted by molar-refractivity contribution is 6.22. The van der Waals surface area contributed by atoms with Gasteiger partial charge in [-0.2, -0.15) is 0 Å². The maximum atomic E-state index is 12.6. The number of rotatable bonds is 6. The van der Waals surface area contributed by atoms with Crippen LogP contribution in [-0.4, -0.2) is 32.9 Å². The Morgan fingerprint density at radius 3 is 1.88 bits per heavy atom. The zero-order valence-corrected chi connectivity index (χ0v) is 17.4. The van der Waals surface area contributed by atoms with Crippen LogP contribution in [-0.2, 0) is 4.79 Å². The molecule has 0 saturated carbocycles. The first-order valence-corrected chi connectivity index (χ1v) is 10.1. The number of aromatic hydroxyl groups is 1. The lowest BCUT2D eigenvalue weighted by Gasteiger charge is -2.08. The van der Waals surface area contributed by atoms with Crippen molar-refractivity contribution < 1.29 is 24.6 Å². The number of fused-ring (bicyclic) bond motifs is 1. The number of hydrogen-bond donors (Lipinski definition) is 2. The Morgan fingerprint density at radius 2 is 1.27 bits per heavy atom. The van der Waals surface area contributed by atoms with Gasteiger partial charge in [-0.1, -0.05) is 42.5 Å². The highest BCUT2D eigenvalue weighted by Gasteiger charge is 2.33. The zero-order chi connectivity index (χ0) is 23.4. The molecular weight excluding hydrogens is 418 g/mol. The Labute approximate surface area is 190 Å². The van der Waals surface area contributed by atoms with Crippen LogP contribution in [0.4, 0.5) is 0 Å². The van der Waals surface area contributed by atoms with Crippen molar-refractivity contribution in [2.75, 3.05) is 0 Å². The van der Waals surface area contributed by atoms with E-state index in [0.717, 1.165) is 16.5 Å². The first kappa shape index (κ1) is 21.5. The molecule has 6 heteroatoms. The van der Waals surface area contributed by atoms with Crippen LogP contribution in [0.15, 0.2) is 79.0 Å². The van der Waals surface area contributed by atoms with E-state index in [1.807, 2.05) is 12.1 Å². The maximum Gasteiger partial charge on any atom is 0.328 e. The second-order valence-corrected chi connectivity index (χ2v) is 7.34. The summed E-state index contributed by atoms with van der Waals surface area (Å²) >= 11 is 0. The second-order valence-electron chi connectivity index (χ2n) is 7.34. The van der Waals surface area contributed by atoms with Crippen molar-refractivity contribution in [2.24, 2.45) is 0 Å². The minimum absolute atomic E-state index is 0.140. The molecule has 2 amide bonds. The highest BCUT2D eigenvalue weighted by atomic mass is 16.4. The molecule has 33 heavy (non-hydrogen) atoms. The molecule has 2 N–H and O–H groups in total. The average molecular weight is 437 g/mol. The number of nitrogens with zero attached hydrogens (tertiary/aromatic N) is 1. The van der Waals surface area contributed by atoms with E-state index in [-0.39, 0.29) is 5.75 Å². The van der Waals surface area contributed by atoms with Crippen molar-refractivity contribution in [3.8, 4) is 5.75 Å². The van der Waals surface area contributed by atoms with Crippen LogP contribution in [0.5, 0.6) is 5.75 Å². The summed E-state index contributed by atoms with van der Waals surface area (Å²) in [5, 5.41) is 18.9. The fourth-order valence-corrected chi connectivity index (χ4v) is 3.48. The lowest BCUT2D eigenvalue weighted by Crippen LogP contribution is -2.23. The van der Waals surface area contributed by atoms with E-state index in [2.05, 4.69) is 0 Å². The molecule has 4 rings (SSSR count). The molecule has 3 aromatic rings. The number of carbonyl (C=O) groups excluding carboxylic acids is 2. The van der Waals surface area contributed by atoms with Gasteiger partial charge < -0.3 is 10.2 Å². The monoisotopic (exact) mass is 437 g/mol. The van der Waals surface area contributed by atoms with E-state index in [1.165, 1.54) is 12.3 Å². The largest absolute Gasteiger partial charge is 0.507 e. The third-order valence-electron chi connectivity index (χ3n) is 5.05. The van der Waals surface area contributed by atoms with Crippen LogP contribution < -0.4 is 0 Å². The first-order valence-electron chi connectivity index (χ1n) is 10.1. The molecule has 3 aromatic carbocycles. The number of carboxylic acid groups (broad SMARTS) is 1. The van der Waals surface area contributed by atoms with Gasteiger partial charge in [-0.05, 0) is 65.2 Å². The highest BCUT2D eigenvalue weighted by Crippen LogP contribution is 2.24. The maximum absolute atomic E-state index is 12.6. The number of hydrogen-bond acceptors (Lipinski definition) is 4. The Kier molecular flexibility index (Phi) is 6.00. The van der Waals surface area contributed by atoms with Gasteiger partial charge in [0, 0.05) is 17.8 Å². The SMILES string of the molecule is O=C(O)C=Cc1cc(C=Cc2ccccc2O)cc(C=CN2C(=O)c3ccccc3C2=O)c1. The fraction of sp³-hybridized carbons (Fsp3) is 0. The standard InChI is InChI=1S/C27H19NO5/c29-24-8-4-1-5-21(24)11-9-18-15-19(10-12-25(30)31)17-20(16-18)13-14-28-26(32)22-6-2-3-7-23(22)27(28)33/h1-17,29H,(H,30,31). The number of benzene rings is 3. The van der Waals surface area contributed by atoms with E-state index in [0.29, 0.717) is 27.8 Å². The Balaban J connectivity index is 1.66. The van der Waals surface area contributed by atoms with Gasteiger partial charge in [-0.15, -0.1) is 0 Å². The predicted octanol–water partition coefficient (Wildman–Crippen LogP) is 4.93. The Morgan fingerprint density at radius 1 is 0.727 bits per heavy atom. The zero-order valence-electron chi connectivity index (χ0n) is 17.4. The van der Waals surface area contributed by atoms with Gasteiger partial charge in [0.15, 0.2) is 0 Å². The van der Waals surface area contributed by atoms with Crippen LogP contribution in [0, 0.1) is 0 Å². The first-order chi connectivity index (χ1) is 15.9. The molecule has 6 nitrogen and oxygen atoms in total. The number of amides is 2. The minimum atomic E-state index is -1.08. The third-order valence-corrected chi connectivity index (χ3v) is 5.05. The third kappa shape index (κ3) is 4.80. The number of carboxylic acids is 1. The molecule has 0 saturated heterocycles. The number of phenolic OH excluding ortho intramolecular Hbond substituents is 1. The molecule has 1 aliphatic heterocycles. The summed E-state index contributed by atoms with van der Waals surface area (Å²) in [4.78, 5) is 37.2. The second kappa shape index (κ2) is 9.20. The Hall–Kier alpha value is -4.71. The number of para-hydroxylation sites is 1. The number of imide groups is 1. The van der Waals surface area contributed by atoms with E-state index in [9.17, 15) is 19.5 Å². The smallest absolute Gasteiger partial charge is 0.328 e. The molecule has 1 aliphatic rings. The fourth-order valence-electron chi connectivity index (χ4n) is 3.48. The van der Waals surface area contributed by atoms with Crippen molar-refractivity contribution in [3.05, 3.63) is 112 Å². The van der Waals surface area contributed by atoms with Crippen molar-refractivity contribution in [2.45, 2.75) is 0 Å². The molecular formula is C27H19NO5. The van der Waals surface area contributed by atoms with Crippen molar-refractivity contribution >= 4 is 42.1 Å². The lowest BCUT2D eigenvalue weighted by molar-refractivity contribution is -0.131. The van der Waals surface area contributed by atoms with Gasteiger partial charge in [0.2, 0.25) is 0 Å². The molecule has 0 fully saturated rings. The van der Waals surface area contributed by atoms with Gasteiger partial charge in [0.05, 0.1) is 11.1 Å². The molecule has 0 atom stereocenters. The van der Waals surface area contributed by atoms with Crippen LogP contribution in [0.2, 0.25) is 0 Å². The van der Waals surface area contributed by atoms with E-state index >= 15 is 0 Å². The average Bonchev–Trinajstić information content (AvgIpc) is 3.05. The van der Waals surface area contributed by atoms with Crippen LogP contribution in [0.1, 0.15) is 43.0 Å². The number of phenols is 1. The van der Waals surface area contributed by atoms with Gasteiger partial charge in [0.25, 0.3) is 11.8 Å². The van der Waals surface area contributed by atoms with Crippen LogP contribution in [0.3, 0.4) is 0 Å². The van der Waals surface area contributed by atoms with Gasteiger partial charge in [-0.3, -0.25) is 9.59 Å². The van der Waals surface area contributed by atoms with Gasteiger partial charge in [-0.25, -0.2) is 9.69 Å². The van der Waals surface area contributed by atoms with E-state index in [4.69, 9.17) is 5.11 Å². The summed E-state index contributed by atoms with van der Waals surface area (Å²) in [5.41, 5.74) is 3.38. The normalized spacial score (nSPS) is 13.5. The van der Waals surface area contributed by atoms with Crippen molar-refractivity contribution in [1.29, 1.82) is 0 Å². The number of aliphatic carboxylic acids is 1. The quantitative estimate of drug-likeness (QED) is 0.324. The topological polar surface area (TPSA) is 94.9 Å². The van der Waals surface area contributed by atoms with Gasteiger partial charge in [0.1, 0.15) is 5.75 Å². The molecule has 0 bridgehead atoms. The van der Waals surface area contributed by atoms with E-state index in [1.54, 1.807) is 72.8 Å². The molecule has 0 aliphatic carbocycles. The van der Waals surface area contributed by atoms with Gasteiger partial charge >= 0.3 is 5.97 Å². The summed E-state index contributed by atoms with van der Waals surface area (Å²) in [7, 11) is 0. The molecule has 0 aromatic heterocycles.